The minimum Gasteiger partial charge on any atom is -0.369 e. The van der Waals surface area contributed by atoms with Crippen molar-refractivity contribution in [3.05, 3.63) is 59.7 Å². The number of hydrogen-bond acceptors (Lipinski definition) is 4. The summed E-state index contributed by atoms with van der Waals surface area (Å²) in [5, 5.41) is 3.05. The molecular weight excluding hydrogens is 376 g/mol. The zero-order valence-electron chi connectivity index (χ0n) is 17.6. The molecule has 2 aromatic carbocycles. The molecule has 0 atom stereocenters. The first-order chi connectivity index (χ1) is 14.7. The topological polar surface area (TPSA) is 55.9 Å². The third-order valence-corrected chi connectivity index (χ3v) is 6.05. The Morgan fingerprint density at radius 2 is 1.73 bits per heavy atom. The molecule has 1 fully saturated rings. The van der Waals surface area contributed by atoms with Gasteiger partial charge in [-0.15, -0.1) is 0 Å². The molecule has 2 amide bonds. The highest BCUT2D eigenvalue weighted by Crippen LogP contribution is 2.29. The van der Waals surface area contributed by atoms with Crippen molar-refractivity contribution in [3.8, 4) is 0 Å². The van der Waals surface area contributed by atoms with E-state index in [4.69, 9.17) is 0 Å². The molecule has 2 aromatic rings. The SMILES string of the molecule is CCC(=O)N1CCc2cc(C(=O)NCCN3CCN(c4ccccc4)CC3)ccc21. The first-order valence-corrected chi connectivity index (χ1v) is 10.9. The van der Waals surface area contributed by atoms with Crippen LogP contribution in [-0.4, -0.2) is 62.5 Å². The fourth-order valence-electron chi connectivity index (χ4n) is 4.29. The van der Waals surface area contributed by atoms with Gasteiger partial charge in [-0.2, -0.15) is 0 Å². The van der Waals surface area contributed by atoms with Crippen molar-refractivity contribution < 1.29 is 9.59 Å². The Morgan fingerprint density at radius 3 is 2.47 bits per heavy atom. The van der Waals surface area contributed by atoms with Crippen molar-refractivity contribution in [2.24, 2.45) is 0 Å². The van der Waals surface area contributed by atoms with Gasteiger partial charge in [0.1, 0.15) is 0 Å². The lowest BCUT2D eigenvalue weighted by atomic mass is 10.1. The lowest BCUT2D eigenvalue weighted by molar-refractivity contribution is -0.118. The summed E-state index contributed by atoms with van der Waals surface area (Å²) in [4.78, 5) is 31.2. The Morgan fingerprint density at radius 1 is 0.967 bits per heavy atom. The van der Waals surface area contributed by atoms with Gasteiger partial charge in [0.25, 0.3) is 5.91 Å². The molecule has 0 aromatic heterocycles. The number of rotatable bonds is 6. The Hall–Kier alpha value is -2.86. The molecule has 6 heteroatoms. The molecule has 4 rings (SSSR count). The summed E-state index contributed by atoms with van der Waals surface area (Å²) in [6, 6.07) is 16.2. The molecule has 0 aliphatic carbocycles. The first-order valence-electron chi connectivity index (χ1n) is 10.9. The molecule has 0 radical (unpaired) electrons. The van der Waals surface area contributed by atoms with E-state index in [9.17, 15) is 9.59 Å². The predicted octanol–water partition coefficient (Wildman–Crippen LogP) is 2.54. The van der Waals surface area contributed by atoms with Crippen molar-refractivity contribution in [1.82, 2.24) is 10.2 Å². The Labute approximate surface area is 178 Å². The highest BCUT2D eigenvalue weighted by molar-refractivity contribution is 5.98. The quantitative estimate of drug-likeness (QED) is 0.801. The fourth-order valence-corrected chi connectivity index (χ4v) is 4.29. The number of fused-ring (bicyclic) bond motifs is 1. The number of piperazine rings is 1. The minimum atomic E-state index is -0.0408. The number of benzene rings is 2. The largest absolute Gasteiger partial charge is 0.369 e. The van der Waals surface area contributed by atoms with Crippen LogP contribution in [0.2, 0.25) is 0 Å². The van der Waals surface area contributed by atoms with E-state index in [2.05, 4.69) is 39.4 Å². The molecule has 2 aliphatic heterocycles. The Bertz CT molecular complexity index is 891. The molecule has 0 bridgehead atoms. The zero-order valence-corrected chi connectivity index (χ0v) is 17.6. The molecule has 158 valence electrons. The van der Waals surface area contributed by atoms with Crippen molar-refractivity contribution in [2.75, 3.05) is 55.6 Å². The maximum Gasteiger partial charge on any atom is 0.251 e. The third-order valence-electron chi connectivity index (χ3n) is 6.05. The molecule has 6 nitrogen and oxygen atoms in total. The number of hydrogen-bond donors (Lipinski definition) is 1. The fraction of sp³-hybridized carbons (Fsp3) is 0.417. The smallest absolute Gasteiger partial charge is 0.251 e. The van der Waals surface area contributed by atoms with E-state index in [0.29, 0.717) is 25.1 Å². The van der Waals surface area contributed by atoms with Gasteiger partial charge in [-0.3, -0.25) is 14.5 Å². The van der Waals surface area contributed by atoms with E-state index in [1.807, 2.05) is 36.1 Å². The van der Waals surface area contributed by atoms with Crippen molar-refractivity contribution in [2.45, 2.75) is 19.8 Å². The molecule has 2 aliphatic rings. The van der Waals surface area contributed by atoms with Crippen LogP contribution in [0.3, 0.4) is 0 Å². The highest BCUT2D eigenvalue weighted by atomic mass is 16.2. The second kappa shape index (κ2) is 9.30. The van der Waals surface area contributed by atoms with Crippen LogP contribution in [0.15, 0.2) is 48.5 Å². The van der Waals surface area contributed by atoms with Gasteiger partial charge in [-0.05, 0) is 42.3 Å². The summed E-state index contributed by atoms with van der Waals surface area (Å²) in [6.07, 6.45) is 1.31. The van der Waals surface area contributed by atoms with Crippen LogP contribution in [-0.2, 0) is 11.2 Å². The Balaban J connectivity index is 1.24. The van der Waals surface area contributed by atoms with Crippen molar-refractivity contribution >= 4 is 23.2 Å². The Kier molecular flexibility index (Phi) is 6.33. The number of amides is 2. The summed E-state index contributed by atoms with van der Waals surface area (Å²) >= 11 is 0. The predicted molar refractivity (Wildman–Crippen MR) is 120 cm³/mol. The average molecular weight is 407 g/mol. The van der Waals surface area contributed by atoms with Gasteiger partial charge in [-0.25, -0.2) is 0 Å². The molecule has 30 heavy (non-hydrogen) atoms. The maximum atomic E-state index is 12.6. The molecule has 2 heterocycles. The lowest BCUT2D eigenvalue weighted by Crippen LogP contribution is -2.48. The highest BCUT2D eigenvalue weighted by Gasteiger charge is 2.24. The van der Waals surface area contributed by atoms with Crippen LogP contribution < -0.4 is 15.1 Å². The van der Waals surface area contributed by atoms with Gasteiger partial charge in [0, 0.05) is 69.2 Å². The summed E-state index contributed by atoms with van der Waals surface area (Å²) in [6.45, 7) is 8.12. The van der Waals surface area contributed by atoms with Crippen LogP contribution in [0, 0.1) is 0 Å². The number of nitrogens with one attached hydrogen (secondary N) is 1. The normalized spacial score (nSPS) is 16.4. The van der Waals surface area contributed by atoms with Crippen LogP contribution in [0.4, 0.5) is 11.4 Å². The average Bonchev–Trinajstić information content (AvgIpc) is 3.23. The minimum absolute atomic E-state index is 0.0408. The van der Waals surface area contributed by atoms with Crippen molar-refractivity contribution in [1.29, 1.82) is 0 Å². The van der Waals surface area contributed by atoms with Gasteiger partial charge < -0.3 is 15.1 Å². The van der Waals surface area contributed by atoms with Gasteiger partial charge in [0.05, 0.1) is 0 Å². The number of nitrogens with zero attached hydrogens (tertiary/aromatic N) is 3. The molecule has 0 spiro atoms. The van der Waals surface area contributed by atoms with Crippen LogP contribution >= 0.6 is 0 Å². The number of para-hydroxylation sites is 1. The van der Waals surface area contributed by atoms with E-state index in [0.717, 1.165) is 50.4 Å². The van der Waals surface area contributed by atoms with E-state index < -0.39 is 0 Å². The van der Waals surface area contributed by atoms with E-state index in [-0.39, 0.29) is 11.8 Å². The monoisotopic (exact) mass is 406 g/mol. The zero-order chi connectivity index (χ0) is 20.9. The molecular formula is C24H30N4O2. The first kappa shape index (κ1) is 20.4. The third kappa shape index (κ3) is 4.49. The number of carbonyl (C=O) groups excluding carboxylic acids is 2. The second-order valence-electron chi connectivity index (χ2n) is 7.91. The standard InChI is InChI=1S/C24H30N4O2/c1-2-23(29)28-12-10-19-18-20(8-9-22(19)28)24(30)25-11-13-26-14-16-27(17-15-26)21-6-4-3-5-7-21/h3-9,18H,2,10-17H2,1H3,(H,25,30). The number of carbonyl (C=O) groups is 2. The summed E-state index contributed by atoms with van der Waals surface area (Å²) in [5.74, 6) is 0.0966. The van der Waals surface area contributed by atoms with Gasteiger partial charge in [0.2, 0.25) is 5.91 Å². The summed E-state index contributed by atoms with van der Waals surface area (Å²) in [5.41, 5.74) is 3.99. The number of anilines is 2. The van der Waals surface area contributed by atoms with E-state index in [1.165, 1.54) is 5.69 Å². The van der Waals surface area contributed by atoms with Gasteiger partial charge in [-0.1, -0.05) is 25.1 Å². The molecule has 1 saturated heterocycles. The van der Waals surface area contributed by atoms with Crippen LogP contribution in [0.5, 0.6) is 0 Å². The lowest BCUT2D eigenvalue weighted by Gasteiger charge is -2.36. The van der Waals surface area contributed by atoms with Crippen LogP contribution in [0.25, 0.3) is 0 Å². The van der Waals surface area contributed by atoms with Gasteiger partial charge >= 0.3 is 0 Å². The molecule has 1 N–H and O–H groups in total. The summed E-state index contributed by atoms with van der Waals surface area (Å²) in [7, 11) is 0. The molecule has 0 saturated carbocycles. The maximum absolute atomic E-state index is 12.6. The molecule has 0 unspecified atom stereocenters. The second-order valence-corrected chi connectivity index (χ2v) is 7.91. The van der Waals surface area contributed by atoms with E-state index >= 15 is 0 Å². The van der Waals surface area contributed by atoms with E-state index in [1.54, 1.807) is 0 Å². The van der Waals surface area contributed by atoms with Crippen molar-refractivity contribution in [3.63, 3.8) is 0 Å². The van der Waals surface area contributed by atoms with Gasteiger partial charge in [0.15, 0.2) is 0 Å². The summed E-state index contributed by atoms with van der Waals surface area (Å²) < 4.78 is 0. The van der Waals surface area contributed by atoms with Crippen LogP contribution in [0.1, 0.15) is 29.3 Å².